The van der Waals surface area contributed by atoms with E-state index in [1.165, 1.54) is 10.4 Å². The van der Waals surface area contributed by atoms with Gasteiger partial charge in [-0.05, 0) is 42.5 Å². The van der Waals surface area contributed by atoms with Crippen molar-refractivity contribution in [3.05, 3.63) is 45.8 Å². The van der Waals surface area contributed by atoms with Crippen LogP contribution in [0.4, 0.5) is 5.82 Å². The third kappa shape index (κ3) is 1.91. The van der Waals surface area contributed by atoms with E-state index in [4.69, 9.17) is 0 Å². The Morgan fingerprint density at radius 3 is 3.17 bits per heavy atom. The summed E-state index contributed by atoms with van der Waals surface area (Å²) in [6.45, 7) is 3.22. The Bertz CT molecular complexity index is 552. The van der Waals surface area contributed by atoms with E-state index in [9.17, 15) is 5.11 Å². The Morgan fingerprint density at radius 1 is 1.44 bits per heavy atom. The third-order valence-electron chi connectivity index (χ3n) is 3.53. The number of aliphatic hydroxyl groups is 1. The Hall–Kier alpha value is -1.39. The van der Waals surface area contributed by atoms with E-state index in [1.807, 2.05) is 29.5 Å². The summed E-state index contributed by atoms with van der Waals surface area (Å²) in [5.41, 5.74) is 2.15. The summed E-state index contributed by atoms with van der Waals surface area (Å²) in [4.78, 5) is 8.31. The molecule has 0 saturated carbocycles. The second kappa shape index (κ2) is 4.71. The summed E-state index contributed by atoms with van der Waals surface area (Å²) in [6, 6.07) is 8.42. The van der Waals surface area contributed by atoms with Gasteiger partial charge in [-0.2, -0.15) is 0 Å². The fourth-order valence-corrected chi connectivity index (χ4v) is 3.50. The number of nitrogens with zero attached hydrogens (tertiary/aromatic N) is 2. The van der Waals surface area contributed by atoms with Crippen molar-refractivity contribution in [1.29, 1.82) is 0 Å². The minimum Gasteiger partial charge on any atom is -0.390 e. The van der Waals surface area contributed by atoms with Crippen LogP contribution in [0.25, 0.3) is 0 Å². The van der Waals surface area contributed by atoms with Gasteiger partial charge in [-0.25, -0.2) is 4.98 Å². The summed E-state index contributed by atoms with van der Waals surface area (Å²) in [7, 11) is 0. The molecule has 3 nitrogen and oxygen atoms in total. The minimum atomic E-state index is -0.000236. The van der Waals surface area contributed by atoms with Gasteiger partial charge in [0.05, 0.1) is 18.3 Å². The topological polar surface area (TPSA) is 36.4 Å². The number of hydrogen-bond acceptors (Lipinski definition) is 4. The molecular weight excluding hydrogens is 244 g/mol. The number of fused-ring (bicyclic) bond motifs is 1. The van der Waals surface area contributed by atoms with E-state index in [1.54, 1.807) is 0 Å². The zero-order valence-corrected chi connectivity index (χ0v) is 11.2. The molecule has 1 aliphatic heterocycles. The van der Waals surface area contributed by atoms with E-state index in [0.717, 1.165) is 24.5 Å². The van der Waals surface area contributed by atoms with Crippen molar-refractivity contribution in [2.45, 2.75) is 26.0 Å². The largest absolute Gasteiger partial charge is 0.390 e. The van der Waals surface area contributed by atoms with Gasteiger partial charge in [-0.15, -0.1) is 11.3 Å². The van der Waals surface area contributed by atoms with Crippen LogP contribution in [0.15, 0.2) is 29.6 Å². The predicted molar refractivity (Wildman–Crippen MR) is 73.9 cm³/mol. The lowest BCUT2D eigenvalue weighted by atomic mass is 10.0. The normalized spacial score (nSPS) is 18.8. The van der Waals surface area contributed by atoms with Gasteiger partial charge >= 0.3 is 0 Å². The first-order chi connectivity index (χ1) is 8.79. The van der Waals surface area contributed by atoms with Gasteiger partial charge < -0.3 is 10.0 Å². The maximum atomic E-state index is 9.17. The van der Waals surface area contributed by atoms with Gasteiger partial charge in [0.25, 0.3) is 0 Å². The van der Waals surface area contributed by atoms with Crippen molar-refractivity contribution in [2.24, 2.45) is 0 Å². The van der Waals surface area contributed by atoms with Gasteiger partial charge in [0, 0.05) is 11.4 Å². The Labute approximate surface area is 111 Å². The number of hydrogen-bond donors (Lipinski definition) is 1. The second-order valence-corrected chi connectivity index (χ2v) is 5.56. The van der Waals surface area contributed by atoms with Crippen LogP contribution < -0.4 is 4.90 Å². The smallest absolute Gasteiger partial charge is 0.129 e. The fourth-order valence-electron chi connectivity index (χ4n) is 2.54. The van der Waals surface area contributed by atoms with Crippen molar-refractivity contribution < 1.29 is 5.11 Å². The van der Waals surface area contributed by atoms with Crippen LogP contribution in [0.2, 0.25) is 0 Å². The van der Waals surface area contributed by atoms with E-state index in [0.29, 0.717) is 6.04 Å². The third-order valence-corrected chi connectivity index (χ3v) is 4.52. The quantitative estimate of drug-likeness (QED) is 0.902. The highest BCUT2D eigenvalue weighted by Gasteiger charge is 2.25. The molecule has 0 saturated heterocycles. The van der Waals surface area contributed by atoms with Gasteiger partial charge in [0.15, 0.2) is 0 Å². The molecule has 1 N–H and O–H groups in total. The molecule has 0 fully saturated rings. The van der Waals surface area contributed by atoms with Gasteiger partial charge in [0.1, 0.15) is 5.82 Å². The van der Waals surface area contributed by atoms with E-state index in [-0.39, 0.29) is 6.61 Å². The maximum absolute atomic E-state index is 9.17. The number of thiophene rings is 1. The van der Waals surface area contributed by atoms with Crippen LogP contribution in [-0.4, -0.2) is 16.6 Å². The summed E-state index contributed by atoms with van der Waals surface area (Å²) in [6.07, 6.45) is 1.09. The van der Waals surface area contributed by atoms with Crippen molar-refractivity contribution in [3.63, 3.8) is 0 Å². The van der Waals surface area contributed by atoms with E-state index in [2.05, 4.69) is 28.3 Å². The fraction of sp³-hybridized carbons (Fsp3) is 0.357. The molecule has 0 radical (unpaired) electrons. The van der Waals surface area contributed by atoms with E-state index < -0.39 is 0 Å². The zero-order valence-electron chi connectivity index (χ0n) is 10.3. The SMILES string of the molecule is CC1c2ccsc2CCN1c1cccc(CO)n1. The van der Waals surface area contributed by atoms with Crippen molar-refractivity contribution >= 4 is 17.2 Å². The number of anilines is 1. The summed E-state index contributed by atoms with van der Waals surface area (Å²) in [5, 5.41) is 11.3. The molecular formula is C14H16N2OS. The molecule has 0 aromatic carbocycles. The first-order valence-electron chi connectivity index (χ1n) is 6.19. The van der Waals surface area contributed by atoms with Crippen LogP contribution in [0.5, 0.6) is 0 Å². The molecule has 0 bridgehead atoms. The average molecular weight is 260 g/mol. The highest BCUT2D eigenvalue weighted by atomic mass is 32.1. The summed E-state index contributed by atoms with van der Waals surface area (Å²) < 4.78 is 0. The van der Waals surface area contributed by atoms with Gasteiger partial charge in [-0.3, -0.25) is 0 Å². The highest BCUT2D eigenvalue weighted by Crippen LogP contribution is 2.35. The first kappa shape index (κ1) is 11.7. The molecule has 1 aliphatic rings. The van der Waals surface area contributed by atoms with Crippen molar-refractivity contribution in [3.8, 4) is 0 Å². The minimum absolute atomic E-state index is 0.000236. The molecule has 0 amide bonds. The summed E-state index contributed by atoms with van der Waals surface area (Å²) in [5.74, 6) is 0.964. The molecule has 0 spiro atoms. The highest BCUT2D eigenvalue weighted by molar-refractivity contribution is 7.10. The molecule has 94 valence electrons. The van der Waals surface area contributed by atoms with Crippen LogP contribution in [0.1, 0.15) is 29.1 Å². The molecule has 18 heavy (non-hydrogen) atoms. The van der Waals surface area contributed by atoms with Crippen LogP contribution in [0.3, 0.4) is 0 Å². The molecule has 0 aliphatic carbocycles. The van der Waals surface area contributed by atoms with Crippen LogP contribution >= 0.6 is 11.3 Å². The van der Waals surface area contributed by atoms with Crippen LogP contribution in [-0.2, 0) is 13.0 Å². The number of aromatic nitrogens is 1. The summed E-state index contributed by atoms with van der Waals surface area (Å²) >= 11 is 1.85. The lowest BCUT2D eigenvalue weighted by Crippen LogP contribution is -2.33. The zero-order chi connectivity index (χ0) is 12.5. The van der Waals surface area contributed by atoms with Crippen molar-refractivity contribution in [1.82, 2.24) is 4.98 Å². The standard InChI is InChI=1S/C14H16N2OS/c1-10-12-6-8-18-13(12)5-7-16(10)14-4-2-3-11(9-17)15-14/h2-4,6,8,10,17H,5,7,9H2,1H3. The monoisotopic (exact) mass is 260 g/mol. The Kier molecular flexibility index (Phi) is 3.06. The van der Waals surface area contributed by atoms with E-state index >= 15 is 0 Å². The lowest BCUT2D eigenvalue weighted by Gasteiger charge is -2.34. The average Bonchev–Trinajstić information content (AvgIpc) is 2.88. The number of aliphatic hydroxyl groups excluding tert-OH is 1. The molecule has 1 atom stereocenters. The maximum Gasteiger partial charge on any atom is 0.129 e. The Balaban J connectivity index is 1.94. The Morgan fingerprint density at radius 2 is 2.33 bits per heavy atom. The molecule has 3 rings (SSSR count). The molecule has 4 heteroatoms. The predicted octanol–water partition coefficient (Wildman–Crippen LogP) is 2.76. The molecule has 1 unspecified atom stereocenters. The van der Waals surface area contributed by atoms with Crippen molar-refractivity contribution in [2.75, 3.05) is 11.4 Å². The number of pyridine rings is 1. The number of rotatable bonds is 2. The van der Waals surface area contributed by atoms with Gasteiger partial charge in [0.2, 0.25) is 0 Å². The van der Waals surface area contributed by atoms with Gasteiger partial charge in [-0.1, -0.05) is 6.07 Å². The molecule has 3 heterocycles. The molecule has 2 aromatic rings. The second-order valence-electron chi connectivity index (χ2n) is 4.56. The first-order valence-corrected chi connectivity index (χ1v) is 7.07. The lowest BCUT2D eigenvalue weighted by molar-refractivity contribution is 0.277. The van der Waals surface area contributed by atoms with Crippen LogP contribution in [0, 0.1) is 0 Å². The molecule has 2 aromatic heterocycles.